The molecule has 1 atom stereocenters. The molecule has 0 radical (unpaired) electrons. The van der Waals surface area contributed by atoms with Crippen molar-refractivity contribution in [3.63, 3.8) is 0 Å². The van der Waals surface area contributed by atoms with Gasteiger partial charge in [0.05, 0.1) is 11.7 Å². The van der Waals surface area contributed by atoms with E-state index in [0.29, 0.717) is 11.3 Å². The predicted molar refractivity (Wildman–Crippen MR) is 90.3 cm³/mol. The van der Waals surface area contributed by atoms with E-state index in [0.717, 1.165) is 10.2 Å². The van der Waals surface area contributed by atoms with Gasteiger partial charge in [0.15, 0.2) is 0 Å². The second-order valence-corrected chi connectivity index (χ2v) is 5.75. The van der Waals surface area contributed by atoms with Gasteiger partial charge in [-0.3, -0.25) is 9.59 Å². The Morgan fingerprint density at radius 3 is 2.54 bits per heavy atom. The minimum atomic E-state index is -0.533. The normalized spacial score (nSPS) is 11.6. The summed E-state index contributed by atoms with van der Waals surface area (Å²) in [5.74, 6) is -0.243. The summed E-state index contributed by atoms with van der Waals surface area (Å²) in [4.78, 5) is 26.4. The highest BCUT2D eigenvalue weighted by molar-refractivity contribution is 5.76. The smallest absolute Gasteiger partial charge is 0.285 e. The Bertz CT molecular complexity index is 850. The van der Waals surface area contributed by atoms with Gasteiger partial charge in [-0.05, 0) is 31.9 Å². The highest BCUT2D eigenvalue weighted by atomic mass is 16.2. The van der Waals surface area contributed by atoms with E-state index >= 15 is 0 Å². The maximum atomic E-state index is 12.5. The molecule has 0 unspecified atom stereocenters. The van der Waals surface area contributed by atoms with Crippen molar-refractivity contribution in [3.05, 3.63) is 63.1 Å². The first-order valence-electron chi connectivity index (χ1n) is 7.65. The summed E-state index contributed by atoms with van der Waals surface area (Å²) in [6.45, 7) is 5.12. The summed E-state index contributed by atoms with van der Waals surface area (Å²) < 4.78 is 1.07. The van der Waals surface area contributed by atoms with Crippen LogP contribution in [0.3, 0.4) is 0 Å². The van der Waals surface area contributed by atoms with Crippen molar-refractivity contribution in [1.29, 1.82) is 5.26 Å². The molecule has 0 saturated heterocycles. The van der Waals surface area contributed by atoms with Crippen molar-refractivity contribution in [2.24, 2.45) is 0 Å². The average molecular weight is 324 g/mol. The number of carbonyl (C=O) groups excluding carboxylic acids is 1. The summed E-state index contributed by atoms with van der Waals surface area (Å²) >= 11 is 0. The molecule has 0 aliphatic heterocycles. The molecule has 1 aromatic carbocycles. The van der Waals surface area contributed by atoms with Gasteiger partial charge in [0.2, 0.25) is 5.91 Å². The molecule has 1 amide bonds. The quantitative estimate of drug-likeness (QED) is 0.861. The van der Waals surface area contributed by atoms with Gasteiger partial charge in [0.1, 0.15) is 18.2 Å². The van der Waals surface area contributed by atoms with Crippen LogP contribution in [0.25, 0.3) is 0 Å². The highest BCUT2D eigenvalue weighted by Crippen LogP contribution is 2.18. The minimum Gasteiger partial charge on any atom is -0.337 e. The zero-order valence-corrected chi connectivity index (χ0v) is 14.3. The van der Waals surface area contributed by atoms with Gasteiger partial charge >= 0.3 is 0 Å². The largest absolute Gasteiger partial charge is 0.337 e. The second-order valence-electron chi connectivity index (χ2n) is 5.75. The van der Waals surface area contributed by atoms with Crippen molar-refractivity contribution in [1.82, 2.24) is 14.7 Å². The van der Waals surface area contributed by atoms with E-state index in [1.165, 1.54) is 0 Å². The number of nitriles is 1. The first kappa shape index (κ1) is 17.4. The molecule has 1 heterocycles. The predicted octanol–water partition coefficient (Wildman–Crippen LogP) is 1.95. The average Bonchev–Trinajstić information content (AvgIpc) is 2.59. The first-order chi connectivity index (χ1) is 11.4. The Morgan fingerprint density at radius 1 is 1.33 bits per heavy atom. The zero-order valence-electron chi connectivity index (χ0n) is 14.3. The van der Waals surface area contributed by atoms with Gasteiger partial charge in [0, 0.05) is 7.05 Å². The van der Waals surface area contributed by atoms with Crippen LogP contribution in [0.1, 0.15) is 35.3 Å². The van der Waals surface area contributed by atoms with E-state index in [1.807, 2.05) is 43.3 Å². The van der Waals surface area contributed by atoms with Crippen LogP contribution in [-0.2, 0) is 11.3 Å². The lowest BCUT2D eigenvalue weighted by molar-refractivity contribution is -0.132. The molecule has 2 aromatic rings. The highest BCUT2D eigenvalue weighted by Gasteiger charge is 2.20. The third-order valence-electron chi connectivity index (χ3n) is 4.29. The lowest BCUT2D eigenvalue weighted by Crippen LogP contribution is -2.37. The van der Waals surface area contributed by atoms with E-state index in [1.54, 1.807) is 25.8 Å². The fourth-order valence-electron chi connectivity index (χ4n) is 2.42. The lowest BCUT2D eigenvalue weighted by atomic mass is 10.1. The summed E-state index contributed by atoms with van der Waals surface area (Å²) in [5, 5.41) is 13.3. The summed E-state index contributed by atoms with van der Waals surface area (Å²) in [7, 11) is 1.69. The molecule has 0 bridgehead atoms. The first-order valence-corrected chi connectivity index (χ1v) is 7.65. The van der Waals surface area contributed by atoms with E-state index in [-0.39, 0.29) is 24.1 Å². The standard InChI is InChI=1S/C18H20N4O2/c1-12-13(2)20-22(18(24)16(12)10-19)11-17(23)21(4)14(3)15-8-6-5-7-9-15/h5-9,14H,11H2,1-4H3/t14-/m0/s1. The molecular formula is C18H20N4O2. The monoisotopic (exact) mass is 324 g/mol. The summed E-state index contributed by atoms with van der Waals surface area (Å²) in [6.07, 6.45) is 0. The number of nitrogens with zero attached hydrogens (tertiary/aromatic N) is 4. The maximum Gasteiger partial charge on any atom is 0.285 e. The number of hydrogen-bond donors (Lipinski definition) is 0. The molecule has 0 N–H and O–H groups in total. The van der Waals surface area contributed by atoms with Gasteiger partial charge in [-0.1, -0.05) is 30.3 Å². The van der Waals surface area contributed by atoms with E-state index in [9.17, 15) is 9.59 Å². The van der Waals surface area contributed by atoms with Gasteiger partial charge in [-0.2, -0.15) is 10.4 Å². The third-order valence-corrected chi connectivity index (χ3v) is 4.29. The third kappa shape index (κ3) is 3.35. The molecule has 0 fully saturated rings. The molecule has 0 aliphatic carbocycles. The topological polar surface area (TPSA) is 79.0 Å². The van der Waals surface area contributed by atoms with Crippen molar-refractivity contribution >= 4 is 5.91 Å². The lowest BCUT2D eigenvalue weighted by Gasteiger charge is -2.25. The van der Waals surface area contributed by atoms with Crippen molar-refractivity contribution < 1.29 is 4.79 Å². The minimum absolute atomic E-state index is 0.0362. The fraction of sp³-hybridized carbons (Fsp3) is 0.333. The van der Waals surface area contributed by atoms with Crippen molar-refractivity contribution in [2.75, 3.05) is 7.05 Å². The van der Waals surface area contributed by atoms with Crippen LogP contribution in [0.15, 0.2) is 35.1 Å². The van der Waals surface area contributed by atoms with Crippen LogP contribution in [0.5, 0.6) is 0 Å². The Labute approximate surface area is 141 Å². The van der Waals surface area contributed by atoms with E-state index in [4.69, 9.17) is 5.26 Å². The SMILES string of the molecule is Cc1nn(CC(=O)N(C)[C@@H](C)c2ccccc2)c(=O)c(C#N)c1C. The van der Waals surface area contributed by atoms with Crippen LogP contribution >= 0.6 is 0 Å². The summed E-state index contributed by atoms with van der Waals surface area (Å²) in [6, 6.07) is 11.4. The number of likely N-dealkylation sites (N-methyl/N-ethyl adjacent to an activating group) is 1. The number of aromatic nitrogens is 2. The van der Waals surface area contributed by atoms with E-state index in [2.05, 4.69) is 5.10 Å². The molecule has 0 saturated carbocycles. The Kier molecular flexibility index (Phi) is 5.14. The van der Waals surface area contributed by atoms with Crippen LogP contribution < -0.4 is 5.56 Å². The van der Waals surface area contributed by atoms with Crippen molar-refractivity contribution in [2.45, 2.75) is 33.4 Å². The fourth-order valence-corrected chi connectivity index (χ4v) is 2.42. The molecule has 6 nitrogen and oxygen atoms in total. The molecule has 2 rings (SSSR count). The van der Waals surface area contributed by atoms with Gasteiger partial charge < -0.3 is 4.90 Å². The number of aryl methyl sites for hydroxylation is 1. The van der Waals surface area contributed by atoms with Crippen molar-refractivity contribution in [3.8, 4) is 6.07 Å². The Hall–Kier alpha value is -2.94. The summed E-state index contributed by atoms with van der Waals surface area (Å²) in [5.41, 5.74) is 1.63. The number of benzene rings is 1. The maximum absolute atomic E-state index is 12.5. The molecule has 0 spiro atoms. The zero-order chi connectivity index (χ0) is 17.9. The number of carbonyl (C=O) groups is 1. The molecule has 0 aliphatic rings. The number of rotatable bonds is 4. The number of hydrogen-bond acceptors (Lipinski definition) is 4. The van der Waals surface area contributed by atoms with Gasteiger partial charge in [0.25, 0.3) is 5.56 Å². The van der Waals surface area contributed by atoms with Crippen LogP contribution in [0.4, 0.5) is 0 Å². The molecule has 1 aromatic heterocycles. The van der Waals surface area contributed by atoms with Crippen LogP contribution in [-0.4, -0.2) is 27.6 Å². The van der Waals surface area contributed by atoms with E-state index < -0.39 is 5.56 Å². The molecule has 6 heteroatoms. The Morgan fingerprint density at radius 2 is 1.96 bits per heavy atom. The number of amides is 1. The van der Waals surface area contributed by atoms with Gasteiger partial charge in [-0.25, -0.2) is 4.68 Å². The second kappa shape index (κ2) is 7.09. The molecular weight excluding hydrogens is 304 g/mol. The van der Waals surface area contributed by atoms with Gasteiger partial charge in [-0.15, -0.1) is 0 Å². The molecule has 24 heavy (non-hydrogen) atoms. The molecule has 124 valence electrons. The van der Waals surface area contributed by atoms with Crippen LogP contribution in [0.2, 0.25) is 0 Å². The van der Waals surface area contributed by atoms with Crippen LogP contribution in [0, 0.1) is 25.2 Å². The Balaban J connectivity index is 2.26.